The summed E-state index contributed by atoms with van der Waals surface area (Å²) in [5, 5.41) is 8.23. The van der Waals surface area contributed by atoms with Gasteiger partial charge in [0.15, 0.2) is 5.65 Å². The summed E-state index contributed by atoms with van der Waals surface area (Å²) in [5.41, 5.74) is 6.99. The molecule has 1 aromatic carbocycles. The molecule has 1 fully saturated rings. The van der Waals surface area contributed by atoms with Crippen molar-refractivity contribution >= 4 is 22.9 Å². The summed E-state index contributed by atoms with van der Waals surface area (Å²) in [4.78, 5) is 12.1. The Bertz CT molecular complexity index is 1290. The number of hydrogen-bond donors (Lipinski definition) is 1. The first-order valence-electron chi connectivity index (χ1n) is 12.0. The summed E-state index contributed by atoms with van der Waals surface area (Å²) in [6, 6.07) is 14.3. The van der Waals surface area contributed by atoms with Gasteiger partial charge in [-0.15, -0.1) is 0 Å². The third-order valence-corrected chi connectivity index (χ3v) is 6.16. The first-order chi connectivity index (χ1) is 16.8. The predicted molar refractivity (Wildman–Crippen MR) is 138 cm³/mol. The molecule has 174 valence electrons. The highest BCUT2D eigenvalue weighted by Gasteiger charge is 2.27. The SMILES string of the molecule is C=C1CCNc2c1c(N1CCOCC1)nc1c(-c3ccc(-c4ccccc4)nc3)cnn21.CC. The van der Waals surface area contributed by atoms with Crippen molar-refractivity contribution in [3.05, 3.63) is 67.0 Å². The average Bonchev–Trinajstić information content (AvgIpc) is 3.35. The van der Waals surface area contributed by atoms with Crippen LogP contribution < -0.4 is 10.2 Å². The van der Waals surface area contributed by atoms with Crippen molar-refractivity contribution in [2.24, 2.45) is 0 Å². The number of aromatic nitrogens is 4. The standard InChI is InChI=1S/C25H24N6O.C2H6/c1-17-9-10-26-24-22(17)25(30-11-13-32-14-12-30)29-23-20(16-28-31(23)24)19-7-8-21(27-15-19)18-5-3-2-4-6-18;1-2/h2-8,15-16,26H,1,9-14H2;1-2H3. The van der Waals surface area contributed by atoms with Gasteiger partial charge in [0.1, 0.15) is 11.6 Å². The maximum absolute atomic E-state index is 5.57. The van der Waals surface area contributed by atoms with Crippen LogP contribution in [-0.4, -0.2) is 52.4 Å². The molecule has 2 aliphatic heterocycles. The Kier molecular flexibility index (Phi) is 6.27. The van der Waals surface area contributed by atoms with Crippen LogP contribution in [0, 0.1) is 0 Å². The van der Waals surface area contributed by atoms with Gasteiger partial charge >= 0.3 is 0 Å². The highest BCUT2D eigenvalue weighted by Crippen LogP contribution is 2.39. The number of benzene rings is 1. The fourth-order valence-corrected chi connectivity index (χ4v) is 4.47. The average molecular weight is 455 g/mol. The van der Waals surface area contributed by atoms with E-state index in [4.69, 9.17) is 14.7 Å². The fourth-order valence-electron chi connectivity index (χ4n) is 4.47. The number of morpholine rings is 1. The van der Waals surface area contributed by atoms with Gasteiger partial charge in [-0.3, -0.25) is 4.98 Å². The quantitative estimate of drug-likeness (QED) is 0.462. The molecule has 7 heteroatoms. The summed E-state index contributed by atoms with van der Waals surface area (Å²) < 4.78 is 7.48. The molecule has 2 aliphatic rings. The molecule has 3 aromatic heterocycles. The Balaban J connectivity index is 0.00000117. The highest BCUT2D eigenvalue weighted by atomic mass is 16.5. The Morgan fingerprint density at radius 3 is 2.50 bits per heavy atom. The molecule has 0 spiro atoms. The topological polar surface area (TPSA) is 67.6 Å². The van der Waals surface area contributed by atoms with Crippen molar-refractivity contribution in [1.82, 2.24) is 19.6 Å². The molecule has 0 bridgehead atoms. The molecular weight excluding hydrogens is 424 g/mol. The Morgan fingerprint density at radius 2 is 1.76 bits per heavy atom. The number of nitrogens with zero attached hydrogens (tertiary/aromatic N) is 5. The Labute approximate surface area is 200 Å². The highest BCUT2D eigenvalue weighted by molar-refractivity contribution is 5.88. The maximum Gasteiger partial charge on any atom is 0.167 e. The summed E-state index contributed by atoms with van der Waals surface area (Å²) >= 11 is 0. The van der Waals surface area contributed by atoms with Crippen LogP contribution in [0.25, 0.3) is 33.6 Å². The maximum atomic E-state index is 5.57. The van der Waals surface area contributed by atoms with E-state index in [9.17, 15) is 0 Å². The molecule has 7 nitrogen and oxygen atoms in total. The van der Waals surface area contributed by atoms with E-state index >= 15 is 0 Å². The summed E-state index contributed by atoms with van der Waals surface area (Å²) in [5.74, 6) is 1.93. The van der Waals surface area contributed by atoms with Crippen molar-refractivity contribution in [2.75, 3.05) is 43.1 Å². The lowest BCUT2D eigenvalue weighted by atomic mass is 10.0. The largest absolute Gasteiger partial charge is 0.378 e. The zero-order valence-electron chi connectivity index (χ0n) is 19.8. The number of pyridine rings is 1. The number of anilines is 2. The third-order valence-electron chi connectivity index (χ3n) is 6.16. The van der Waals surface area contributed by atoms with Gasteiger partial charge in [-0.05, 0) is 18.1 Å². The molecule has 0 atom stereocenters. The lowest BCUT2D eigenvalue weighted by Gasteiger charge is -2.32. The van der Waals surface area contributed by atoms with Crippen molar-refractivity contribution in [2.45, 2.75) is 20.3 Å². The number of ether oxygens (including phenoxy) is 1. The van der Waals surface area contributed by atoms with E-state index in [-0.39, 0.29) is 0 Å². The van der Waals surface area contributed by atoms with Gasteiger partial charge in [-0.2, -0.15) is 9.61 Å². The number of fused-ring (bicyclic) bond motifs is 3. The van der Waals surface area contributed by atoms with Crippen LogP contribution in [0.2, 0.25) is 0 Å². The first kappa shape index (κ1) is 22.1. The minimum absolute atomic E-state index is 0.707. The number of hydrogen-bond acceptors (Lipinski definition) is 6. The second-order valence-corrected chi connectivity index (χ2v) is 8.13. The van der Waals surface area contributed by atoms with Crippen molar-refractivity contribution in [1.29, 1.82) is 0 Å². The zero-order valence-corrected chi connectivity index (χ0v) is 19.8. The summed E-state index contributed by atoms with van der Waals surface area (Å²) in [6.07, 6.45) is 4.68. The molecule has 6 rings (SSSR count). The normalized spacial score (nSPS) is 15.4. The van der Waals surface area contributed by atoms with E-state index < -0.39 is 0 Å². The lowest BCUT2D eigenvalue weighted by Crippen LogP contribution is -2.38. The van der Waals surface area contributed by atoms with Gasteiger partial charge in [0, 0.05) is 42.5 Å². The molecule has 5 heterocycles. The van der Waals surface area contributed by atoms with Crippen LogP contribution in [0.15, 0.2) is 61.4 Å². The fraction of sp³-hybridized carbons (Fsp3) is 0.296. The van der Waals surface area contributed by atoms with Crippen LogP contribution in [0.5, 0.6) is 0 Å². The van der Waals surface area contributed by atoms with Crippen LogP contribution in [0.4, 0.5) is 11.6 Å². The van der Waals surface area contributed by atoms with Gasteiger partial charge in [-0.1, -0.05) is 56.8 Å². The predicted octanol–water partition coefficient (Wildman–Crippen LogP) is 5.15. The summed E-state index contributed by atoms with van der Waals surface area (Å²) in [6.45, 7) is 12.2. The van der Waals surface area contributed by atoms with E-state index in [1.807, 2.05) is 49.0 Å². The Hall–Kier alpha value is -3.71. The van der Waals surface area contributed by atoms with Gasteiger partial charge in [0.05, 0.1) is 30.7 Å². The minimum Gasteiger partial charge on any atom is -0.378 e. The minimum atomic E-state index is 0.707. The van der Waals surface area contributed by atoms with Gasteiger partial charge in [-0.25, -0.2) is 4.98 Å². The molecule has 0 saturated carbocycles. The van der Waals surface area contributed by atoms with Crippen LogP contribution >= 0.6 is 0 Å². The van der Waals surface area contributed by atoms with Gasteiger partial charge in [0.25, 0.3) is 0 Å². The third kappa shape index (κ3) is 3.92. The smallest absolute Gasteiger partial charge is 0.167 e. The summed E-state index contributed by atoms with van der Waals surface area (Å²) in [7, 11) is 0. The molecule has 1 N–H and O–H groups in total. The molecule has 4 aromatic rings. The van der Waals surface area contributed by atoms with Crippen LogP contribution in [-0.2, 0) is 4.74 Å². The van der Waals surface area contributed by atoms with Crippen molar-refractivity contribution in [3.63, 3.8) is 0 Å². The monoisotopic (exact) mass is 454 g/mol. The van der Waals surface area contributed by atoms with E-state index in [0.717, 1.165) is 76.9 Å². The lowest BCUT2D eigenvalue weighted by molar-refractivity contribution is 0.122. The van der Waals surface area contributed by atoms with E-state index in [1.165, 1.54) is 0 Å². The van der Waals surface area contributed by atoms with Gasteiger partial charge in [0.2, 0.25) is 0 Å². The number of nitrogens with one attached hydrogen (secondary N) is 1. The second-order valence-electron chi connectivity index (χ2n) is 8.13. The molecular formula is C27H30N6O. The molecule has 0 radical (unpaired) electrons. The van der Waals surface area contributed by atoms with E-state index in [0.29, 0.717) is 13.2 Å². The molecule has 34 heavy (non-hydrogen) atoms. The molecule has 0 amide bonds. The first-order valence-corrected chi connectivity index (χ1v) is 12.0. The number of rotatable bonds is 3. The Morgan fingerprint density at radius 1 is 0.971 bits per heavy atom. The zero-order chi connectivity index (χ0) is 23.5. The molecule has 1 saturated heterocycles. The van der Waals surface area contributed by atoms with Crippen LogP contribution in [0.1, 0.15) is 25.8 Å². The van der Waals surface area contributed by atoms with Crippen LogP contribution in [0.3, 0.4) is 0 Å². The second kappa shape index (κ2) is 9.65. The molecule has 0 aliphatic carbocycles. The van der Waals surface area contributed by atoms with Crippen molar-refractivity contribution < 1.29 is 4.74 Å². The van der Waals surface area contributed by atoms with E-state index in [2.05, 4.69) is 46.2 Å². The molecule has 0 unspecified atom stereocenters. The van der Waals surface area contributed by atoms with Crippen molar-refractivity contribution in [3.8, 4) is 22.4 Å². The van der Waals surface area contributed by atoms with Gasteiger partial charge < -0.3 is 15.0 Å². The van der Waals surface area contributed by atoms with E-state index in [1.54, 1.807) is 0 Å².